The summed E-state index contributed by atoms with van der Waals surface area (Å²) in [7, 11) is 0. The van der Waals surface area contributed by atoms with Crippen LogP contribution in [0.2, 0.25) is 0 Å². The fourth-order valence-electron chi connectivity index (χ4n) is 1.76. The summed E-state index contributed by atoms with van der Waals surface area (Å²) in [6, 6.07) is 1.37. The van der Waals surface area contributed by atoms with Crippen LogP contribution < -0.4 is 0 Å². The predicted molar refractivity (Wildman–Crippen MR) is 57.0 cm³/mol. The molecule has 0 spiro atoms. The molecule has 1 fully saturated rings. The highest BCUT2D eigenvalue weighted by atomic mass is 16.3. The summed E-state index contributed by atoms with van der Waals surface area (Å²) in [5, 5.41) is 19.0. The van der Waals surface area contributed by atoms with Crippen LogP contribution in [0, 0.1) is 0 Å². The van der Waals surface area contributed by atoms with Crippen LogP contribution in [0.5, 0.6) is 5.75 Å². The summed E-state index contributed by atoms with van der Waals surface area (Å²) in [5.74, 6) is -0.237. The van der Waals surface area contributed by atoms with E-state index in [4.69, 9.17) is 0 Å². The Hall–Kier alpha value is -1.62. The van der Waals surface area contributed by atoms with Crippen molar-refractivity contribution in [2.45, 2.75) is 18.9 Å². The SMILES string of the molecule is CCC1(O)CN(C(=O)c2cncc(O)c2)C1. The monoisotopic (exact) mass is 222 g/mol. The van der Waals surface area contributed by atoms with Crippen molar-refractivity contribution in [1.29, 1.82) is 0 Å². The number of nitrogens with zero attached hydrogens (tertiary/aromatic N) is 2. The fourth-order valence-corrected chi connectivity index (χ4v) is 1.76. The zero-order valence-corrected chi connectivity index (χ0v) is 9.05. The zero-order valence-electron chi connectivity index (χ0n) is 9.05. The third kappa shape index (κ3) is 1.86. The molecule has 1 aliphatic heterocycles. The number of hydrogen-bond acceptors (Lipinski definition) is 4. The van der Waals surface area contributed by atoms with Gasteiger partial charge in [-0.05, 0) is 12.5 Å². The van der Waals surface area contributed by atoms with Gasteiger partial charge in [-0.25, -0.2) is 0 Å². The molecular weight excluding hydrogens is 208 g/mol. The van der Waals surface area contributed by atoms with E-state index in [1.807, 2.05) is 6.92 Å². The first kappa shape index (κ1) is 10.9. The van der Waals surface area contributed by atoms with Crippen molar-refractivity contribution >= 4 is 5.91 Å². The van der Waals surface area contributed by atoms with Gasteiger partial charge >= 0.3 is 0 Å². The van der Waals surface area contributed by atoms with E-state index in [1.165, 1.54) is 18.5 Å². The van der Waals surface area contributed by atoms with Crippen LogP contribution in [-0.2, 0) is 0 Å². The van der Waals surface area contributed by atoms with Gasteiger partial charge in [0, 0.05) is 6.20 Å². The molecule has 0 bridgehead atoms. The maximum absolute atomic E-state index is 11.8. The third-order valence-corrected chi connectivity index (χ3v) is 2.89. The largest absolute Gasteiger partial charge is 0.506 e. The first-order valence-electron chi connectivity index (χ1n) is 5.20. The number of carbonyl (C=O) groups excluding carboxylic acids is 1. The van der Waals surface area contributed by atoms with Crippen LogP contribution in [0.25, 0.3) is 0 Å². The molecule has 1 amide bonds. The molecule has 16 heavy (non-hydrogen) atoms. The van der Waals surface area contributed by atoms with Crippen LogP contribution >= 0.6 is 0 Å². The van der Waals surface area contributed by atoms with Crippen LogP contribution in [0.1, 0.15) is 23.7 Å². The van der Waals surface area contributed by atoms with Gasteiger partial charge in [-0.1, -0.05) is 6.92 Å². The molecule has 1 aromatic heterocycles. The molecule has 0 atom stereocenters. The molecule has 1 aromatic rings. The van der Waals surface area contributed by atoms with E-state index in [0.717, 1.165) is 0 Å². The number of aromatic hydroxyl groups is 1. The predicted octanol–water partition coefficient (Wildman–Crippen LogP) is 0.384. The number of rotatable bonds is 2. The van der Waals surface area contributed by atoms with Crippen molar-refractivity contribution in [3.05, 3.63) is 24.0 Å². The molecular formula is C11H14N2O3. The Morgan fingerprint density at radius 3 is 2.81 bits per heavy atom. The van der Waals surface area contributed by atoms with Crippen molar-refractivity contribution in [1.82, 2.24) is 9.88 Å². The second-order valence-electron chi connectivity index (χ2n) is 4.17. The second kappa shape index (κ2) is 3.75. The number of aliphatic hydroxyl groups is 1. The zero-order chi connectivity index (χ0) is 11.8. The summed E-state index contributed by atoms with van der Waals surface area (Å²) in [6.45, 7) is 2.58. The van der Waals surface area contributed by atoms with Crippen LogP contribution in [0.15, 0.2) is 18.5 Å². The van der Waals surface area contributed by atoms with Gasteiger partial charge in [0.05, 0.1) is 30.5 Å². The number of carbonyl (C=O) groups is 1. The lowest BCUT2D eigenvalue weighted by atomic mass is 9.91. The summed E-state index contributed by atoms with van der Waals surface area (Å²) >= 11 is 0. The Kier molecular flexibility index (Phi) is 2.55. The summed E-state index contributed by atoms with van der Waals surface area (Å²) in [5.41, 5.74) is -0.391. The normalized spacial score (nSPS) is 18.0. The maximum Gasteiger partial charge on any atom is 0.255 e. The number of pyridine rings is 1. The van der Waals surface area contributed by atoms with Gasteiger partial charge < -0.3 is 15.1 Å². The Morgan fingerprint density at radius 2 is 2.25 bits per heavy atom. The lowest BCUT2D eigenvalue weighted by Crippen LogP contribution is -2.63. The van der Waals surface area contributed by atoms with E-state index in [-0.39, 0.29) is 11.7 Å². The molecule has 0 aromatic carbocycles. The van der Waals surface area contributed by atoms with E-state index in [9.17, 15) is 15.0 Å². The molecule has 5 nitrogen and oxygen atoms in total. The number of β-amino-alcohol motifs (C(OH)–C–C–N with tert-alkyl or cyclic N) is 1. The highest BCUT2D eigenvalue weighted by molar-refractivity contribution is 5.95. The molecule has 2 N–H and O–H groups in total. The number of amides is 1. The fraction of sp³-hybridized carbons (Fsp3) is 0.455. The van der Waals surface area contributed by atoms with Crippen molar-refractivity contribution in [2.75, 3.05) is 13.1 Å². The van der Waals surface area contributed by atoms with Gasteiger partial charge in [-0.3, -0.25) is 9.78 Å². The number of likely N-dealkylation sites (tertiary alicyclic amines) is 1. The molecule has 5 heteroatoms. The van der Waals surface area contributed by atoms with Crippen LogP contribution in [0.4, 0.5) is 0 Å². The van der Waals surface area contributed by atoms with Gasteiger partial charge in [0.15, 0.2) is 0 Å². The van der Waals surface area contributed by atoms with E-state index in [1.54, 1.807) is 4.90 Å². The van der Waals surface area contributed by atoms with Crippen LogP contribution in [0.3, 0.4) is 0 Å². The van der Waals surface area contributed by atoms with Gasteiger partial charge in [-0.15, -0.1) is 0 Å². The molecule has 86 valence electrons. The van der Waals surface area contributed by atoms with E-state index in [0.29, 0.717) is 25.1 Å². The molecule has 0 unspecified atom stereocenters. The summed E-state index contributed by atoms with van der Waals surface area (Å²) in [4.78, 5) is 17.1. The minimum Gasteiger partial charge on any atom is -0.506 e. The molecule has 0 saturated carbocycles. The number of aromatic nitrogens is 1. The third-order valence-electron chi connectivity index (χ3n) is 2.89. The molecule has 0 radical (unpaired) electrons. The Balaban J connectivity index is 2.06. The van der Waals surface area contributed by atoms with Gasteiger partial charge in [0.2, 0.25) is 0 Å². The average Bonchev–Trinajstić information content (AvgIpc) is 2.24. The Bertz CT molecular complexity index is 413. The minimum atomic E-state index is -0.736. The smallest absolute Gasteiger partial charge is 0.255 e. The van der Waals surface area contributed by atoms with Crippen molar-refractivity contribution in [2.24, 2.45) is 0 Å². The quantitative estimate of drug-likeness (QED) is 0.759. The maximum atomic E-state index is 11.8. The Labute approximate surface area is 93.3 Å². The molecule has 1 saturated heterocycles. The van der Waals surface area contributed by atoms with E-state index >= 15 is 0 Å². The van der Waals surface area contributed by atoms with Crippen LogP contribution in [-0.4, -0.2) is 44.7 Å². The molecule has 1 aliphatic rings. The average molecular weight is 222 g/mol. The van der Waals surface area contributed by atoms with E-state index < -0.39 is 5.60 Å². The second-order valence-corrected chi connectivity index (χ2v) is 4.17. The van der Waals surface area contributed by atoms with Gasteiger partial charge in [-0.2, -0.15) is 0 Å². The highest BCUT2D eigenvalue weighted by Gasteiger charge is 2.42. The molecule has 2 heterocycles. The highest BCUT2D eigenvalue weighted by Crippen LogP contribution is 2.26. The standard InChI is InChI=1S/C11H14N2O3/c1-2-11(16)6-13(7-11)10(15)8-3-9(14)5-12-4-8/h3-5,14,16H,2,6-7H2,1H3. The van der Waals surface area contributed by atoms with Gasteiger partial charge in [0.1, 0.15) is 5.75 Å². The summed E-state index contributed by atoms with van der Waals surface area (Å²) < 4.78 is 0. The first-order chi connectivity index (χ1) is 7.54. The van der Waals surface area contributed by atoms with Crippen molar-refractivity contribution in [3.8, 4) is 5.75 Å². The minimum absolute atomic E-state index is 0.0304. The lowest BCUT2D eigenvalue weighted by molar-refractivity contribution is -0.0826. The first-order valence-corrected chi connectivity index (χ1v) is 5.20. The van der Waals surface area contributed by atoms with Gasteiger partial charge in [0.25, 0.3) is 5.91 Å². The lowest BCUT2D eigenvalue weighted by Gasteiger charge is -2.46. The topological polar surface area (TPSA) is 73.7 Å². The molecule has 0 aliphatic carbocycles. The number of hydrogen-bond donors (Lipinski definition) is 2. The van der Waals surface area contributed by atoms with Crippen molar-refractivity contribution < 1.29 is 15.0 Å². The molecule has 2 rings (SSSR count). The van der Waals surface area contributed by atoms with E-state index in [2.05, 4.69) is 4.98 Å². The summed E-state index contributed by atoms with van der Waals surface area (Å²) in [6.07, 6.45) is 3.32. The van der Waals surface area contributed by atoms with Crippen molar-refractivity contribution in [3.63, 3.8) is 0 Å². The Morgan fingerprint density at radius 1 is 1.56 bits per heavy atom.